The number of alkyl halides is 4. The van der Waals surface area contributed by atoms with Crippen LogP contribution in [-0.2, 0) is 4.74 Å². The summed E-state index contributed by atoms with van der Waals surface area (Å²) in [7, 11) is 1.31. The van der Waals surface area contributed by atoms with Gasteiger partial charge < -0.3 is 4.74 Å². The van der Waals surface area contributed by atoms with Gasteiger partial charge in [0.1, 0.15) is 5.76 Å². The van der Waals surface area contributed by atoms with E-state index in [-0.39, 0.29) is 16.9 Å². The number of halogens is 4. The molecule has 5 heteroatoms. The van der Waals surface area contributed by atoms with Gasteiger partial charge in [-0.2, -0.15) is 0 Å². The molecule has 1 saturated carbocycles. The third-order valence-electron chi connectivity index (χ3n) is 8.97. The molecule has 0 saturated heterocycles. The number of benzene rings is 1. The van der Waals surface area contributed by atoms with E-state index in [0.29, 0.717) is 28.5 Å². The van der Waals surface area contributed by atoms with Gasteiger partial charge in [-0.3, -0.25) is 0 Å². The van der Waals surface area contributed by atoms with Crippen molar-refractivity contribution in [3.8, 4) is 0 Å². The standard InChI is InChI=1S/C33H36F4O/c1-3-20-4-6-21(7-5-20)22-8-10-23(11-9-22)26-16-17-27(31(35)30(26)34)24-12-14-25(15-13-24)28-18-19-29(38-2)33(37)32(28)36/h3,10,12-22,30-33H,1,4-9,11H2,2H3. The van der Waals surface area contributed by atoms with Crippen LogP contribution in [0.5, 0.6) is 0 Å². The van der Waals surface area contributed by atoms with Gasteiger partial charge in [-0.05, 0) is 102 Å². The molecule has 1 fully saturated rings. The lowest BCUT2D eigenvalue weighted by Crippen LogP contribution is -2.27. The fourth-order valence-corrected chi connectivity index (χ4v) is 6.56. The van der Waals surface area contributed by atoms with Gasteiger partial charge in [-0.25, -0.2) is 17.6 Å². The molecule has 0 N–H and O–H groups in total. The first-order valence-corrected chi connectivity index (χ1v) is 13.8. The van der Waals surface area contributed by atoms with E-state index in [1.807, 2.05) is 0 Å². The Morgan fingerprint density at radius 2 is 1.26 bits per heavy atom. The van der Waals surface area contributed by atoms with E-state index in [4.69, 9.17) is 4.74 Å². The van der Waals surface area contributed by atoms with E-state index in [9.17, 15) is 8.78 Å². The molecule has 5 atom stereocenters. The van der Waals surface area contributed by atoms with Crippen LogP contribution in [0.2, 0.25) is 0 Å². The van der Waals surface area contributed by atoms with E-state index >= 15 is 8.78 Å². The molecule has 0 aliphatic heterocycles. The number of hydrogen-bond acceptors (Lipinski definition) is 1. The van der Waals surface area contributed by atoms with Crippen molar-refractivity contribution in [2.75, 3.05) is 7.11 Å². The highest BCUT2D eigenvalue weighted by Crippen LogP contribution is 2.43. The summed E-state index contributed by atoms with van der Waals surface area (Å²) in [5.41, 5.74) is 2.87. The highest BCUT2D eigenvalue weighted by molar-refractivity contribution is 5.77. The SMILES string of the molecule is C=CC1CCC(C2CC=C(C3=CC=C(c4ccc(C5=CC=C(OC)C(F)C5F)cc4)C(F)C3F)CC2)CC1. The predicted molar refractivity (Wildman–Crippen MR) is 146 cm³/mol. The summed E-state index contributed by atoms with van der Waals surface area (Å²) in [6, 6.07) is 6.53. The maximum atomic E-state index is 15.4. The van der Waals surface area contributed by atoms with Gasteiger partial charge in [0, 0.05) is 0 Å². The predicted octanol–water partition coefficient (Wildman–Crippen LogP) is 9.01. The zero-order chi connectivity index (χ0) is 26.8. The van der Waals surface area contributed by atoms with Gasteiger partial charge in [0.2, 0.25) is 0 Å². The molecule has 202 valence electrons. The minimum absolute atomic E-state index is 0.0543. The Morgan fingerprint density at radius 3 is 1.82 bits per heavy atom. The Balaban J connectivity index is 1.28. The van der Waals surface area contributed by atoms with Crippen LogP contribution in [0, 0.1) is 17.8 Å². The first kappa shape index (κ1) is 26.8. The monoisotopic (exact) mass is 524 g/mol. The van der Waals surface area contributed by atoms with Crippen molar-refractivity contribution < 1.29 is 22.3 Å². The van der Waals surface area contributed by atoms with E-state index in [2.05, 4.69) is 18.7 Å². The molecule has 0 amide bonds. The van der Waals surface area contributed by atoms with Gasteiger partial charge in [0.05, 0.1) is 7.11 Å². The van der Waals surface area contributed by atoms with Crippen molar-refractivity contribution in [3.63, 3.8) is 0 Å². The van der Waals surface area contributed by atoms with Gasteiger partial charge in [-0.1, -0.05) is 54.6 Å². The molecule has 5 unspecified atom stereocenters. The van der Waals surface area contributed by atoms with E-state index in [1.165, 1.54) is 44.9 Å². The minimum Gasteiger partial charge on any atom is -0.498 e. The number of allylic oxidation sites excluding steroid dienone is 11. The summed E-state index contributed by atoms with van der Waals surface area (Å²) in [4.78, 5) is 0. The Kier molecular flexibility index (Phi) is 8.11. The summed E-state index contributed by atoms with van der Waals surface area (Å²) < 4.78 is 64.5. The first-order chi connectivity index (χ1) is 18.4. The van der Waals surface area contributed by atoms with Crippen LogP contribution in [0.25, 0.3) is 11.1 Å². The third kappa shape index (κ3) is 5.21. The van der Waals surface area contributed by atoms with Crippen LogP contribution >= 0.6 is 0 Å². The molecule has 1 nitrogen and oxygen atoms in total. The van der Waals surface area contributed by atoms with Gasteiger partial charge >= 0.3 is 0 Å². The molecule has 38 heavy (non-hydrogen) atoms. The Bertz CT molecular complexity index is 1180. The van der Waals surface area contributed by atoms with Crippen molar-refractivity contribution in [2.45, 2.75) is 69.6 Å². The maximum absolute atomic E-state index is 15.4. The van der Waals surface area contributed by atoms with Crippen molar-refractivity contribution in [1.82, 2.24) is 0 Å². The molecule has 0 spiro atoms. The van der Waals surface area contributed by atoms with Crippen LogP contribution < -0.4 is 0 Å². The lowest BCUT2D eigenvalue weighted by molar-refractivity contribution is 0.152. The summed E-state index contributed by atoms with van der Waals surface area (Å²) in [5, 5.41) is 0. The van der Waals surface area contributed by atoms with Crippen molar-refractivity contribution in [2.24, 2.45) is 17.8 Å². The summed E-state index contributed by atoms with van der Waals surface area (Å²) in [5.74, 6) is 1.94. The van der Waals surface area contributed by atoms with E-state index in [1.54, 1.807) is 36.4 Å². The fourth-order valence-electron chi connectivity index (χ4n) is 6.56. The van der Waals surface area contributed by atoms with Crippen LogP contribution in [0.1, 0.15) is 56.1 Å². The van der Waals surface area contributed by atoms with E-state index in [0.717, 1.165) is 30.8 Å². The first-order valence-electron chi connectivity index (χ1n) is 13.8. The highest BCUT2D eigenvalue weighted by atomic mass is 19.2. The molecule has 1 aromatic rings. The molecule has 1 aromatic carbocycles. The van der Waals surface area contributed by atoms with Crippen LogP contribution in [0.15, 0.2) is 84.2 Å². The third-order valence-corrected chi connectivity index (χ3v) is 8.97. The van der Waals surface area contributed by atoms with Gasteiger partial charge in [-0.15, -0.1) is 6.58 Å². The topological polar surface area (TPSA) is 9.23 Å². The second-order valence-corrected chi connectivity index (χ2v) is 11.0. The van der Waals surface area contributed by atoms with Gasteiger partial charge in [0.25, 0.3) is 0 Å². The molecular formula is C33H36F4O. The molecule has 5 rings (SSSR count). The number of hydrogen-bond donors (Lipinski definition) is 0. The van der Waals surface area contributed by atoms with Crippen molar-refractivity contribution >= 4 is 11.1 Å². The lowest BCUT2D eigenvalue weighted by atomic mass is 9.70. The summed E-state index contributed by atoms with van der Waals surface area (Å²) >= 11 is 0. The minimum atomic E-state index is -1.87. The number of ether oxygens (including phenoxy) is 1. The molecule has 0 aromatic heterocycles. The summed E-state index contributed by atoms with van der Waals surface area (Å²) in [6.45, 7) is 3.93. The molecule has 0 bridgehead atoms. The average molecular weight is 525 g/mol. The van der Waals surface area contributed by atoms with Crippen molar-refractivity contribution in [1.29, 1.82) is 0 Å². The fraction of sp³-hybridized carbons (Fsp3) is 0.455. The molecule has 4 aliphatic carbocycles. The average Bonchev–Trinajstić information content (AvgIpc) is 2.96. The normalized spacial score (nSPS) is 33.8. The smallest absolute Gasteiger partial charge is 0.192 e. The van der Waals surface area contributed by atoms with Crippen LogP contribution in [-0.4, -0.2) is 31.8 Å². The molecule has 0 radical (unpaired) electrons. The quantitative estimate of drug-likeness (QED) is 0.266. The van der Waals surface area contributed by atoms with Crippen LogP contribution in [0.3, 0.4) is 0 Å². The Hall–Kier alpha value is -2.82. The van der Waals surface area contributed by atoms with Crippen LogP contribution in [0.4, 0.5) is 17.6 Å². The van der Waals surface area contributed by atoms with Gasteiger partial charge in [0.15, 0.2) is 24.7 Å². The summed E-state index contributed by atoms with van der Waals surface area (Å²) in [6.07, 6.45) is 10.9. The number of rotatable bonds is 6. The Labute approximate surface area is 223 Å². The largest absolute Gasteiger partial charge is 0.498 e. The molecule has 0 heterocycles. The zero-order valence-electron chi connectivity index (χ0n) is 21.9. The number of methoxy groups -OCH3 is 1. The second kappa shape index (κ2) is 11.5. The highest BCUT2D eigenvalue weighted by Gasteiger charge is 2.36. The van der Waals surface area contributed by atoms with E-state index < -0.39 is 24.7 Å². The molecular weight excluding hydrogens is 488 g/mol. The maximum Gasteiger partial charge on any atom is 0.192 e. The molecule has 4 aliphatic rings. The Morgan fingerprint density at radius 1 is 0.711 bits per heavy atom. The lowest BCUT2D eigenvalue weighted by Gasteiger charge is -2.35. The van der Waals surface area contributed by atoms with Crippen molar-refractivity contribution in [3.05, 3.63) is 95.3 Å². The second-order valence-electron chi connectivity index (χ2n) is 11.0. The zero-order valence-corrected chi connectivity index (χ0v) is 21.9.